The van der Waals surface area contributed by atoms with E-state index >= 15 is 0 Å². The minimum atomic E-state index is 1.04. The van der Waals surface area contributed by atoms with Crippen molar-refractivity contribution in [3.8, 4) is 11.8 Å². The van der Waals surface area contributed by atoms with Crippen LogP contribution in [-0.4, -0.2) is 14.1 Å². The molecular formula is C20H17N. The third kappa shape index (κ3) is 3.07. The lowest BCUT2D eigenvalue weighted by molar-refractivity contribution is 1.13. The van der Waals surface area contributed by atoms with Gasteiger partial charge in [-0.15, -0.1) is 0 Å². The molecule has 0 aliphatic heterocycles. The summed E-state index contributed by atoms with van der Waals surface area (Å²) in [6.07, 6.45) is 0. The summed E-state index contributed by atoms with van der Waals surface area (Å²) in [4.78, 5) is 2.08. The Morgan fingerprint density at radius 1 is 0.667 bits per heavy atom. The van der Waals surface area contributed by atoms with Crippen LogP contribution in [0.5, 0.6) is 0 Å². The first-order valence-electron chi connectivity index (χ1n) is 7.00. The summed E-state index contributed by atoms with van der Waals surface area (Å²) < 4.78 is 0. The van der Waals surface area contributed by atoms with E-state index in [1.165, 1.54) is 16.5 Å². The maximum Gasteiger partial charge on any atom is 0.0361 e. The molecule has 0 saturated carbocycles. The van der Waals surface area contributed by atoms with Crippen LogP contribution in [0.4, 0.5) is 5.69 Å². The second kappa shape index (κ2) is 5.73. The Hall–Kier alpha value is -2.72. The number of hydrogen-bond acceptors (Lipinski definition) is 1. The van der Waals surface area contributed by atoms with Gasteiger partial charge in [-0.1, -0.05) is 42.2 Å². The molecule has 0 saturated heterocycles. The third-order valence-corrected chi connectivity index (χ3v) is 3.48. The Balaban J connectivity index is 1.88. The number of hydrogen-bond donors (Lipinski definition) is 0. The molecule has 0 radical (unpaired) electrons. The van der Waals surface area contributed by atoms with Gasteiger partial charge in [0.15, 0.2) is 0 Å². The Morgan fingerprint density at radius 2 is 1.29 bits per heavy atom. The SMILES string of the molecule is CN(C)c1ccc(C#Cc2ccc3ccccc3c2)cc1. The minimum Gasteiger partial charge on any atom is -0.378 e. The molecule has 3 aromatic carbocycles. The van der Waals surface area contributed by atoms with Crippen molar-refractivity contribution in [1.29, 1.82) is 0 Å². The van der Waals surface area contributed by atoms with Crippen LogP contribution in [0.1, 0.15) is 11.1 Å². The molecule has 1 heteroatoms. The molecular weight excluding hydrogens is 254 g/mol. The van der Waals surface area contributed by atoms with E-state index in [1.807, 2.05) is 14.1 Å². The maximum absolute atomic E-state index is 3.24. The molecule has 0 aliphatic rings. The minimum absolute atomic E-state index is 1.04. The summed E-state index contributed by atoms with van der Waals surface area (Å²) in [5, 5.41) is 2.48. The lowest BCUT2D eigenvalue weighted by Gasteiger charge is -2.11. The highest BCUT2D eigenvalue weighted by Crippen LogP contribution is 2.15. The van der Waals surface area contributed by atoms with E-state index in [0.29, 0.717) is 0 Å². The van der Waals surface area contributed by atoms with Gasteiger partial charge in [-0.3, -0.25) is 0 Å². The molecule has 3 aromatic rings. The zero-order valence-corrected chi connectivity index (χ0v) is 12.3. The van der Waals surface area contributed by atoms with Gasteiger partial charge in [-0.2, -0.15) is 0 Å². The van der Waals surface area contributed by atoms with Crippen LogP contribution in [0, 0.1) is 11.8 Å². The quantitative estimate of drug-likeness (QED) is 0.596. The summed E-state index contributed by atoms with van der Waals surface area (Å²) in [5.41, 5.74) is 3.27. The lowest BCUT2D eigenvalue weighted by atomic mass is 10.1. The zero-order chi connectivity index (χ0) is 14.7. The Kier molecular flexibility index (Phi) is 3.62. The second-order valence-corrected chi connectivity index (χ2v) is 5.25. The molecule has 0 atom stereocenters. The van der Waals surface area contributed by atoms with Crippen LogP contribution in [0.2, 0.25) is 0 Å². The van der Waals surface area contributed by atoms with Gasteiger partial charge in [0, 0.05) is 30.9 Å². The van der Waals surface area contributed by atoms with Gasteiger partial charge in [0.25, 0.3) is 0 Å². The first-order valence-corrected chi connectivity index (χ1v) is 7.00. The third-order valence-electron chi connectivity index (χ3n) is 3.48. The summed E-state index contributed by atoms with van der Waals surface area (Å²) in [6, 6.07) is 23.0. The molecule has 0 fully saturated rings. The fourth-order valence-corrected chi connectivity index (χ4v) is 2.25. The second-order valence-electron chi connectivity index (χ2n) is 5.25. The van der Waals surface area contributed by atoms with Crippen molar-refractivity contribution in [2.75, 3.05) is 19.0 Å². The summed E-state index contributed by atoms with van der Waals surface area (Å²) in [7, 11) is 4.07. The molecule has 21 heavy (non-hydrogen) atoms. The van der Waals surface area contributed by atoms with Crippen molar-refractivity contribution < 1.29 is 0 Å². The van der Waals surface area contributed by atoms with Gasteiger partial charge in [0.05, 0.1) is 0 Å². The van der Waals surface area contributed by atoms with Gasteiger partial charge in [-0.25, -0.2) is 0 Å². The van der Waals surface area contributed by atoms with Crippen LogP contribution in [0.15, 0.2) is 66.7 Å². The van der Waals surface area contributed by atoms with E-state index in [0.717, 1.165) is 11.1 Å². The lowest BCUT2D eigenvalue weighted by Crippen LogP contribution is -2.07. The van der Waals surface area contributed by atoms with E-state index < -0.39 is 0 Å². The van der Waals surface area contributed by atoms with Gasteiger partial charge in [0.2, 0.25) is 0 Å². The number of benzene rings is 3. The van der Waals surface area contributed by atoms with Crippen LogP contribution in [0.3, 0.4) is 0 Å². The molecule has 0 amide bonds. The predicted octanol–water partition coefficient (Wildman–Crippen LogP) is 4.31. The Labute approximate surface area is 125 Å². The van der Waals surface area contributed by atoms with Crippen LogP contribution in [-0.2, 0) is 0 Å². The Bertz CT molecular complexity index is 818. The van der Waals surface area contributed by atoms with Crippen LogP contribution in [0.25, 0.3) is 10.8 Å². The number of nitrogens with zero attached hydrogens (tertiary/aromatic N) is 1. The molecule has 0 aromatic heterocycles. The van der Waals surface area contributed by atoms with Crippen molar-refractivity contribution in [3.63, 3.8) is 0 Å². The highest BCUT2D eigenvalue weighted by Gasteiger charge is 1.95. The van der Waals surface area contributed by atoms with Gasteiger partial charge < -0.3 is 4.90 Å². The number of rotatable bonds is 1. The molecule has 3 rings (SSSR count). The summed E-state index contributed by atoms with van der Waals surface area (Å²) in [5.74, 6) is 6.46. The molecule has 0 aliphatic carbocycles. The molecule has 0 bridgehead atoms. The molecule has 0 heterocycles. The van der Waals surface area contributed by atoms with Crippen molar-refractivity contribution in [2.45, 2.75) is 0 Å². The molecule has 0 N–H and O–H groups in total. The molecule has 1 nitrogen and oxygen atoms in total. The topological polar surface area (TPSA) is 3.24 Å². The van der Waals surface area contributed by atoms with Crippen LogP contribution < -0.4 is 4.90 Å². The molecule has 102 valence electrons. The van der Waals surface area contributed by atoms with Gasteiger partial charge in [-0.05, 0) is 47.2 Å². The van der Waals surface area contributed by atoms with Crippen molar-refractivity contribution in [2.24, 2.45) is 0 Å². The van der Waals surface area contributed by atoms with E-state index in [9.17, 15) is 0 Å². The van der Waals surface area contributed by atoms with Gasteiger partial charge in [0.1, 0.15) is 0 Å². The fraction of sp³-hybridized carbons (Fsp3) is 0.100. The number of anilines is 1. The maximum atomic E-state index is 3.24. The highest BCUT2D eigenvalue weighted by molar-refractivity contribution is 5.83. The summed E-state index contributed by atoms with van der Waals surface area (Å²) >= 11 is 0. The molecule has 0 unspecified atom stereocenters. The van der Waals surface area contributed by atoms with Crippen molar-refractivity contribution in [1.82, 2.24) is 0 Å². The van der Waals surface area contributed by atoms with Crippen molar-refractivity contribution >= 4 is 16.5 Å². The highest BCUT2D eigenvalue weighted by atomic mass is 15.1. The zero-order valence-electron chi connectivity index (χ0n) is 12.3. The Morgan fingerprint density at radius 3 is 2.00 bits per heavy atom. The smallest absolute Gasteiger partial charge is 0.0361 e. The van der Waals surface area contributed by atoms with E-state index in [4.69, 9.17) is 0 Å². The fourth-order valence-electron chi connectivity index (χ4n) is 2.25. The number of fused-ring (bicyclic) bond motifs is 1. The van der Waals surface area contributed by atoms with Gasteiger partial charge >= 0.3 is 0 Å². The predicted molar refractivity (Wildman–Crippen MR) is 90.7 cm³/mol. The van der Waals surface area contributed by atoms with Crippen LogP contribution >= 0.6 is 0 Å². The first kappa shape index (κ1) is 13.3. The largest absolute Gasteiger partial charge is 0.378 e. The van der Waals surface area contributed by atoms with Crippen molar-refractivity contribution in [3.05, 3.63) is 77.9 Å². The van der Waals surface area contributed by atoms with E-state index in [1.54, 1.807) is 0 Å². The van der Waals surface area contributed by atoms with E-state index in [2.05, 4.69) is 83.5 Å². The average Bonchev–Trinajstić information content (AvgIpc) is 2.53. The standard InChI is InChI=1S/C20H17N/c1-21(2)20-13-10-16(11-14-20)7-8-17-9-12-18-5-3-4-6-19(18)15-17/h3-6,9-15H,1-2H3. The monoisotopic (exact) mass is 271 g/mol. The van der Waals surface area contributed by atoms with E-state index in [-0.39, 0.29) is 0 Å². The molecule has 0 spiro atoms. The first-order chi connectivity index (χ1) is 10.2. The summed E-state index contributed by atoms with van der Waals surface area (Å²) in [6.45, 7) is 0. The average molecular weight is 271 g/mol. The normalized spacial score (nSPS) is 10.0.